The topological polar surface area (TPSA) is 73.0 Å². The zero-order valence-corrected chi connectivity index (χ0v) is 18.3. The van der Waals surface area contributed by atoms with Crippen LogP contribution in [0.5, 0.6) is 0 Å². The molecule has 8 heteroatoms. The van der Waals surface area contributed by atoms with Crippen LogP contribution < -0.4 is 5.32 Å². The Morgan fingerprint density at radius 2 is 2.14 bits per heavy atom. The second-order valence-electron chi connectivity index (χ2n) is 7.38. The molecule has 2 heterocycles. The fourth-order valence-electron chi connectivity index (χ4n) is 3.69. The maximum Gasteiger partial charge on any atom is 0.230 e. The maximum absolute atomic E-state index is 12.4. The molecule has 2 atom stereocenters. The third-order valence-corrected chi connectivity index (χ3v) is 6.84. The minimum Gasteiger partial charge on any atom is -0.453 e. The smallest absolute Gasteiger partial charge is 0.230 e. The molecule has 1 saturated carbocycles. The normalized spacial score (nSPS) is 19.8. The summed E-state index contributed by atoms with van der Waals surface area (Å²) >= 11 is 4.87. The van der Waals surface area contributed by atoms with E-state index >= 15 is 0 Å². The number of furan rings is 1. The molecule has 3 aromatic rings. The second kappa shape index (κ2) is 8.29. The average Bonchev–Trinajstić information content (AvgIpc) is 3.24. The molecule has 1 aromatic carbocycles. The molecule has 0 radical (unpaired) electrons. The van der Waals surface area contributed by atoms with Crippen LogP contribution in [-0.4, -0.2) is 32.5 Å². The third kappa shape index (κ3) is 4.12. The number of fused-ring (bicyclic) bond motifs is 1. The van der Waals surface area contributed by atoms with E-state index in [2.05, 4.69) is 38.4 Å². The summed E-state index contributed by atoms with van der Waals surface area (Å²) in [5, 5.41) is 13.4. The number of aromatic nitrogens is 3. The summed E-state index contributed by atoms with van der Waals surface area (Å²) in [6, 6.07) is 8.12. The molecule has 0 aliphatic heterocycles. The van der Waals surface area contributed by atoms with Crippen molar-refractivity contribution in [2.45, 2.75) is 43.8 Å². The molecule has 28 heavy (non-hydrogen) atoms. The quantitative estimate of drug-likeness (QED) is 0.552. The summed E-state index contributed by atoms with van der Waals surface area (Å²) in [4.78, 5) is 12.4. The van der Waals surface area contributed by atoms with Crippen LogP contribution in [0, 0.1) is 5.92 Å². The van der Waals surface area contributed by atoms with Crippen molar-refractivity contribution in [3.05, 3.63) is 28.7 Å². The number of halogens is 1. The fourth-order valence-corrected chi connectivity index (χ4v) is 4.79. The Hall–Kier alpha value is -1.80. The summed E-state index contributed by atoms with van der Waals surface area (Å²) in [6.07, 6.45) is 4.73. The molecule has 6 nitrogen and oxygen atoms in total. The molecular weight excluding hydrogens is 440 g/mol. The van der Waals surface area contributed by atoms with Crippen molar-refractivity contribution in [3.63, 3.8) is 0 Å². The molecule has 0 saturated heterocycles. The number of carbonyl (C=O) groups excluding carboxylic acids is 1. The lowest BCUT2D eigenvalue weighted by molar-refractivity contribution is -0.119. The van der Waals surface area contributed by atoms with Gasteiger partial charge in [0, 0.05) is 22.9 Å². The van der Waals surface area contributed by atoms with Gasteiger partial charge in [-0.15, -0.1) is 10.2 Å². The van der Waals surface area contributed by atoms with Crippen LogP contribution >= 0.6 is 27.7 Å². The molecular formula is C20H23BrN4O2S. The van der Waals surface area contributed by atoms with E-state index in [9.17, 15) is 4.79 Å². The van der Waals surface area contributed by atoms with Gasteiger partial charge in [-0.05, 0) is 43.0 Å². The van der Waals surface area contributed by atoms with Gasteiger partial charge >= 0.3 is 0 Å². The number of amides is 1. The van der Waals surface area contributed by atoms with Crippen molar-refractivity contribution >= 4 is 44.6 Å². The summed E-state index contributed by atoms with van der Waals surface area (Å²) in [5.74, 6) is 2.26. The molecule has 1 fully saturated rings. The second-order valence-corrected chi connectivity index (χ2v) is 9.24. The molecule has 0 bridgehead atoms. The number of hydrogen-bond acceptors (Lipinski definition) is 5. The van der Waals surface area contributed by atoms with Crippen LogP contribution in [0.2, 0.25) is 0 Å². The van der Waals surface area contributed by atoms with Gasteiger partial charge in [-0.2, -0.15) is 0 Å². The first kappa shape index (κ1) is 19.5. The Balaban J connectivity index is 1.42. The van der Waals surface area contributed by atoms with E-state index in [-0.39, 0.29) is 5.91 Å². The summed E-state index contributed by atoms with van der Waals surface area (Å²) in [5.41, 5.74) is 0.802. The Bertz CT molecular complexity index is 999. The van der Waals surface area contributed by atoms with Crippen LogP contribution in [0.4, 0.5) is 0 Å². The van der Waals surface area contributed by atoms with E-state index in [1.807, 2.05) is 35.9 Å². The zero-order chi connectivity index (χ0) is 19.7. The van der Waals surface area contributed by atoms with E-state index < -0.39 is 0 Å². The molecule has 2 aromatic heterocycles. The molecule has 1 amide bonds. The van der Waals surface area contributed by atoms with Crippen molar-refractivity contribution in [3.8, 4) is 11.6 Å². The van der Waals surface area contributed by atoms with Gasteiger partial charge < -0.3 is 14.3 Å². The first-order valence-corrected chi connectivity index (χ1v) is 11.3. The van der Waals surface area contributed by atoms with E-state index in [1.165, 1.54) is 31.0 Å². The monoisotopic (exact) mass is 462 g/mol. The Labute approximate surface area is 176 Å². The predicted molar refractivity (Wildman–Crippen MR) is 114 cm³/mol. The SMILES string of the molecule is C[C@@H]1CCCC[C@H]1NC(=O)CSc1nnc(-c2cc3cc(Br)ccc3o2)n1C. The number of thioether (sulfide) groups is 1. The van der Waals surface area contributed by atoms with Crippen molar-refractivity contribution < 1.29 is 9.21 Å². The van der Waals surface area contributed by atoms with Crippen LogP contribution in [0.3, 0.4) is 0 Å². The molecule has 4 rings (SSSR count). The van der Waals surface area contributed by atoms with Gasteiger partial charge in [0.25, 0.3) is 0 Å². The van der Waals surface area contributed by atoms with Crippen molar-refractivity contribution in [2.75, 3.05) is 5.75 Å². The highest BCUT2D eigenvalue weighted by molar-refractivity contribution is 9.10. The lowest BCUT2D eigenvalue weighted by atomic mass is 9.86. The van der Waals surface area contributed by atoms with Gasteiger partial charge in [0.1, 0.15) is 5.58 Å². The van der Waals surface area contributed by atoms with Gasteiger partial charge in [-0.3, -0.25) is 4.79 Å². The summed E-state index contributed by atoms with van der Waals surface area (Å²) in [7, 11) is 1.89. The third-order valence-electron chi connectivity index (χ3n) is 5.32. The summed E-state index contributed by atoms with van der Waals surface area (Å²) in [6.45, 7) is 2.22. The Kier molecular flexibility index (Phi) is 5.78. The minimum absolute atomic E-state index is 0.0573. The number of hydrogen-bond donors (Lipinski definition) is 1. The lowest BCUT2D eigenvalue weighted by Gasteiger charge is -2.29. The standard InChI is InChI=1S/C20H23BrN4O2S/c1-12-5-3-4-6-15(12)22-18(26)11-28-20-24-23-19(25(20)2)17-10-13-9-14(21)7-8-16(13)27-17/h7-10,12,15H,3-6,11H2,1-2H3,(H,22,26)/t12-,15-/m1/s1. The van der Waals surface area contributed by atoms with Gasteiger partial charge in [-0.1, -0.05) is 47.5 Å². The first-order chi connectivity index (χ1) is 13.5. The lowest BCUT2D eigenvalue weighted by Crippen LogP contribution is -2.41. The predicted octanol–water partition coefficient (Wildman–Crippen LogP) is 4.78. The van der Waals surface area contributed by atoms with Crippen LogP contribution in [-0.2, 0) is 11.8 Å². The molecule has 0 spiro atoms. The van der Waals surface area contributed by atoms with E-state index in [0.29, 0.717) is 34.5 Å². The zero-order valence-electron chi connectivity index (χ0n) is 15.9. The largest absolute Gasteiger partial charge is 0.453 e. The highest BCUT2D eigenvalue weighted by atomic mass is 79.9. The number of rotatable bonds is 5. The number of nitrogens with zero attached hydrogens (tertiary/aromatic N) is 3. The first-order valence-electron chi connectivity index (χ1n) is 9.52. The Morgan fingerprint density at radius 3 is 2.96 bits per heavy atom. The molecule has 0 unspecified atom stereocenters. The van der Waals surface area contributed by atoms with Crippen LogP contribution in [0.25, 0.3) is 22.6 Å². The van der Waals surface area contributed by atoms with E-state index in [0.717, 1.165) is 21.9 Å². The van der Waals surface area contributed by atoms with Gasteiger partial charge in [0.05, 0.1) is 5.75 Å². The van der Waals surface area contributed by atoms with Gasteiger partial charge in [0.2, 0.25) is 5.91 Å². The number of carbonyl (C=O) groups is 1. The molecule has 1 N–H and O–H groups in total. The number of benzene rings is 1. The fraction of sp³-hybridized carbons (Fsp3) is 0.450. The maximum atomic E-state index is 12.4. The van der Waals surface area contributed by atoms with Crippen molar-refractivity contribution in [2.24, 2.45) is 13.0 Å². The van der Waals surface area contributed by atoms with Crippen LogP contribution in [0.1, 0.15) is 32.6 Å². The summed E-state index contributed by atoms with van der Waals surface area (Å²) < 4.78 is 8.78. The highest BCUT2D eigenvalue weighted by Crippen LogP contribution is 2.30. The molecule has 148 valence electrons. The Morgan fingerprint density at radius 1 is 1.32 bits per heavy atom. The molecule has 1 aliphatic rings. The van der Waals surface area contributed by atoms with Crippen molar-refractivity contribution in [1.82, 2.24) is 20.1 Å². The highest BCUT2D eigenvalue weighted by Gasteiger charge is 2.23. The average molecular weight is 463 g/mol. The van der Waals surface area contributed by atoms with Crippen molar-refractivity contribution in [1.29, 1.82) is 0 Å². The minimum atomic E-state index is 0.0573. The van der Waals surface area contributed by atoms with Gasteiger partial charge in [0.15, 0.2) is 16.7 Å². The number of nitrogens with one attached hydrogen (secondary N) is 1. The molecule has 1 aliphatic carbocycles. The van der Waals surface area contributed by atoms with Gasteiger partial charge in [-0.25, -0.2) is 0 Å². The van der Waals surface area contributed by atoms with E-state index in [1.54, 1.807) is 0 Å². The van der Waals surface area contributed by atoms with Crippen LogP contribution in [0.15, 0.2) is 38.3 Å². The van der Waals surface area contributed by atoms with E-state index in [4.69, 9.17) is 4.42 Å².